The summed E-state index contributed by atoms with van der Waals surface area (Å²) in [5, 5.41) is 101. The third-order valence-electron chi connectivity index (χ3n) is 10.6. The number of nitrogens with zero attached hydrogens (tertiary/aromatic N) is 6. The first-order valence-electron chi connectivity index (χ1n) is 20.1. The molecule has 370 valence electrons. The van der Waals surface area contributed by atoms with Gasteiger partial charge in [-0.25, -0.2) is 0 Å². The lowest BCUT2D eigenvalue weighted by atomic mass is 9.93. The molecule has 0 aliphatic heterocycles. The predicted octanol–water partition coefficient (Wildman–Crippen LogP) is -2.53. The van der Waals surface area contributed by atoms with Gasteiger partial charge < -0.3 is 80.5 Å². The van der Waals surface area contributed by atoms with Crippen LogP contribution in [0.1, 0.15) is 58.1 Å². The van der Waals surface area contributed by atoms with E-state index in [1.807, 2.05) is 0 Å². The number of hydrogen-bond acceptors (Lipinski definition) is 16. The second kappa shape index (κ2) is 26.7. The van der Waals surface area contributed by atoms with E-state index in [2.05, 4.69) is 0 Å². The van der Waals surface area contributed by atoms with Gasteiger partial charge in [-0.2, -0.15) is 0 Å². The number of halogens is 3. The molecule has 0 heterocycles. The zero-order chi connectivity index (χ0) is 50.7. The van der Waals surface area contributed by atoms with Crippen molar-refractivity contribution in [3.8, 4) is 0 Å². The first-order valence-corrected chi connectivity index (χ1v) is 23.4. The van der Waals surface area contributed by atoms with E-state index in [1.54, 1.807) is 67.8 Å². The fraction of sp³-hybridized carbons (Fsp3) is 0.561. The molecule has 0 aliphatic rings. The first kappa shape index (κ1) is 59.2. The Bertz CT molecular complexity index is 1830. The fourth-order valence-electron chi connectivity index (χ4n) is 7.07. The van der Waals surface area contributed by atoms with Crippen molar-refractivity contribution < 1.29 is 79.8 Å². The highest BCUT2D eigenvalue weighted by atomic mass is 127. The minimum Gasteiger partial charge on any atom is -0.394 e. The summed E-state index contributed by atoms with van der Waals surface area (Å²) in [5.41, 5.74) is -0.0709. The molecule has 0 bridgehead atoms. The zero-order valence-corrected chi connectivity index (χ0v) is 43.9. The Hall–Kier alpha value is -2.95. The maximum Gasteiger partial charge on any atom is 0.255 e. The number of hydrogen-bond donors (Lipinski definition) is 10. The molecule has 2 aromatic carbocycles. The molecule has 0 fully saturated rings. The Morgan fingerprint density at radius 2 is 0.697 bits per heavy atom. The van der Waals surface area contributed by atoms with Gasteiger partial charge in [-0.3, -0.25) is 28.8 Å². The summed E-state index contributed by atoms with van der Waals surface area (Å²) in [6.45, 7) is -0.988. The molecule has 2 aromatic rings. The van der Waals surface area contributed by atoms with Gasteiger partial charge in [0.1, 0.15) is 0 Å². The maximum atomic E-state index is 14.0. The maximum absolute atomic E-state index is 14.0. The van der Waals surface area contributed by atoms with Crippen molar-refractivity contribution in [3.63, 3.8) is 0 Å². The molecule has 10 N–H and O–H groups in total. The van der Waals surface area contributed by atoms with Gasteiger partial charge in [0.05, 0.1) is 111 Å². The molecule has 66 heavy (non-hydrogen) atoms. The SMILES string of the molecule is Cc1c(C(=O)N(C)CC(O)CO)c(C)c(N(C=O)CC(O)C(O)CN(C=O)c2c(C)c(C(=O)N(C)CC(O)CO)c(I)c(C(=O)N(C)CC(O)CO)c2I)c(I)c1C(=O)N(C)CC(O)CO. The van der Waals surface area contributed by atoms with Crippen molar-refractivity contribution >= 4 is 116 Å². The van der Waals surface area contributed by atoms with Crippen LogP contribution in [0.4, 0.5) is 11.4 Å². The number of likely N-dealkylation sites (N-methyl/N-ethyl adjacent to an activating group) is 4. The van der Waals surface area contributed by atoms with E-state index >= 15 is 0 Å². The first-order chi connectivity index (χ1) is 30.8. The summed E-state index contributed by atoms with van der Waals surface area (Å²) >= 11 is 5.34. The minimum absolute atomic E-state index is 0.0474. The second-order valence-electron chi connectivity index (χ2n) is 15.8. The zero-order valence-electron chi connectivity index (χ0n) is 37.4. The molecule has 0 saturated carbocycles. The molecule has 6 amide bonds. The van der Waals surface area contributed by atoms with Crippen LogP contribution in [-0.2, 0) is 9.59 Å². The van der Waals surface area contributed by atoms with Crippen LogP contribution >= 0.6 is 67.8 Å². The largest absolute Gasteiger partial charge is 0.394 e. The number of aliphatic hydroxyl groups excluding tert-OH is 10. The summed E-state index contributed by atoms with van der Waals surface area (Å²) in [6.07, 6.45) is -8.49. The molecule has 6 atom stereocenters. The number of carbonyl (C=O) groups is 6. The molecule has 0 saturated heterocycles. The molecule has 0 spiro atoms. The molecule has 0 radical (unpaired) electrons. The van der Waals surface area contributed by atoms with Crippen molar-refractivity contribution in [2.45, 2.75) is 57.4 Å². The number of anilines is 2. The van der Waals surface area contributed by atoms with E-state index in [1.165, 1.54) is 49.0 Å². The van der Waals surface area contributed by atoms with Gasteiger partial charge in [-0.05, 0) is 105 Å². The van der Waals surface area contributed by atoms with Crippen LogP contribution in [0.3, 0.4) is 0 Å². The van der Waals surface area contributed by atoms with Crippen molar-refractivity contribution in [2.75, 3.05) is 104 Å². The van der Waals surface area contributed by atoms with Gasteiger partial charge in [0.2, 0.25) is 12.8 Å². The van der Waals surface area contributed by atoms with E-state index in [4.69, 9.17) is 0 Å². The van der Waals surface area contributed by atoms with E-state index in [-0.39, 0.29) is 100 Å². The Kier molecular flexibility index (Phi) is 23.9. The van der Waals surface area contributed by atoms with E-state index in [0.717, 1.165) is 29.4 Å². The van der Waals surface area contributed by atoms with Gasteiger partial charge in [0.15, 0.2) is 0 Å². The smallest absolute Gasteiger partial charge is 0.255 e. The Morgan fingerprint density at radius 3 is 1.00 bits per heavy atom. The van der Waals surface area contributed by atoms with Gasteiger partial charge in [-0.1, -0.05) is 0 Å². The third kappa shape index (κ3) is 14.1. The van der Waals surface area contributed by atoms with Crippen LogP contribution in [-0.4, -0.2) is 238 Å². The molecular weight excluding hydrogens is 1210 g/mol. The van der Waals surface area contributed by atoms with Crippen molar-refractivity contribution in [1.29, 1.82) is 0 Å². The van der Waals surface area contributed by atoms with Crippen LogP contribution in [0, 0.1) is 31.5 Å². The monoisotopic (exact) mass is 1270 g/mol. The molecule has 0 aliphatic carbocycles. The summed E-state index contributed by atoms with van der Waals surface area (Å²) < 4.78 is 0.333. The van der Waals surface area contributed by atoms with E-state index in [9.17, 15) is 79.8 Å². The normalized spacial score (nSPS) is 14.1. The van der Waals surface area contributed by atoms with Crippen molar-refractivity contribution in [2.24, 2.45) is 0 Å². The lowest BCUT2D eigenvalue weighted by molar-refractivity contribution is -0.109. The van der Waals surface area contributed by atoms with Gasteiger partial charge in [0, 0.05) is 63.5 Å². The quantitative estimate of drug-likeness (QED) is 0.0362. The molecule has 6 unspecified atom stereocenters. The number of aliphatic hydroxyl groups is 10. The molecule has 0 aromatic heterocycles. The van der Waals surface area contributed by atoms with Crippen LogP contribution in [0.15, 0.2) is 0 Å². The average molecular weight is 1270 g/mol. The highest BCUT2D eigenvalue weighted by Gasteiger charge is 2.36. The van der Waals surface area contributed by atoms with Crippen molar-refractivity contribution in [3.05, 3.63) is 49.7 Å². The van der Waals surface area contributed by atoms with Crippen LogP contribution in [0.2, 0.25) is 0 Å². The van der Waals surface area contributed by atoms with Crippen LogP contribution < -0.4 is 9.80 Å². The summed E-state index contributed by atoms with van der Waals surface area (Å²) in [5.74, 6) is -2.91. The summed E-state index contributed by atoms with van der Waals surface area (Å²) in [4.78, 5) is 88.2. The lowest BCUT2D eigenvalue weighted by Gasteiger charge is -2.33. The Labute approximate surface area is 422 Å². The Morgan fingerprint density at radius 1 is 0.439 bits per heavy atom. The molecule has 25 heteroatoms. The van der Waals surface area contributed by atoms with Crippen LogP contribution in [0.5, 0.6) is 0 Å². The van der Waals surface area contributed by atoms with Crippen molar-refractivity contribution in [1.82, 2.24) is 19.6 Å². The standard InChI is InChI=1S/C41H59I3N6O16/c1-20-29(38(63)45(4)8-23(57)14-51)21(2)36(34(43)30(20)39(64)46(5)9-24(58)15-52)49(18-55)12-27(61)28(62)13-50(19-56)37-22(3)31(40(65)47(6)10-25(59)16-53)33(42)32(35(37)44)41(66)48(7)11-26(60)17-54/h18-19,23-28,51-54,57-62H,8-17H2,1-7H3. The predicted molar refractivity (Wildman–Crippen MR) is 264 cm³/mol. The average Bonchev–Trinajstić information content (AvgIpc) is 3.27. The summed E-state index contributed by atoms with van der Waals surface area (Å²) in [6, 6.07) is 0. The van der Waals surface area contributed by atoms with Gasteiger partial charge >= 0.3 is 0 Å². The van der Waals surface area contributed by atoms with Gasteiger partial charge in [0.25, 0.3) is 23.6 Å². The highest BCUT2D eigenvalue weighted by molar-refractivity contribution is 14.1. The van der Waals surface area contributed by atoms with E-state index < -0.39 is 99.8 Å². The second-order valence-corrected chi connectivity index (χ2v) is 19.0. The molecular formula is C41H59I3N6O16. The fourth-order valence-corrected chi connectivity index (χ4v) is 11.3. The summed E-state index contributed by atoms with van der Waals surface area (Å²) in [7, 11) is 5.35. The number of carbonyl (C=O) groups excluding carboxylic acids is 6. The highest BCUT2D eigenvalue weighted by Crippen LogP contribution is 2.39. The van der Waals surface area contributed by atoms with Crippen LogP contribution in [0.25, 0.3) is 0 Å². The number of benzene rings is 2. The molecule has 2 rings (SSSR count). The number of rotatable bonds is 25. The molecule has 22 nitrogen and oxygen atoms in total. The third-order valence-corrected chi connectivity index (χ3v) is 13.7. The van der Waals surface area contributed by atoms with Gasteiger partial charge in [-0.15, -0.1) is 0 Å². The number of amides is 6. The lowest BCUT2D eigenvalue weighted by Crippen LogP contribution is -2.46. The minimum atomic E-state index is -1.88. The topological polar surface area (TPSA) is 324 Å². The Balaban J connectivity index is 2.81. The van der Waals surface area contributed by atoms with E-state index in [0.29, 0.717) is 0 Å².